The molecule has 1 aliphatic heterocycles. The minimum absolute atomic E-state index is 0.0924. The second-order valence-electron chi connectivity index (χ2n) is 7.33. The molecular weight excluding hydrogens is 368 g/mol. The Kier molecular flexibility index (Phi) is 4.78. The van der Waals surface area contributed by atoms with E-state index < -0.39 is 5.97 Å². The number of amides is 1. The number of aliphatic carboxylic acids is 1. The van der Waals surface area contributed by atoms with Crippen molar-refractivity contribution in [3.8, 4) is 0 Å². The predicted octanol–water partition coefficient (Wildman–Crippen LogP) is 3.47. The number of nitrogens with zero attached hydrogens (tertiary/aromatic N) is 2. The molecule has 1 aromatic heterocycles. The third kappa shape index (κ3) is 3.64. The van der Waals surface area contributed by atoms with E-state index in [4.69, 9.17) is 21.3 Å². The van der Waals surface area contributed by atoms with Gasteiger partial charge in [0.05, 0.1) is 23.6 Å². The maximum absolute atomic E-state index is 13.4. The Labute approximate surface area is 162 Å². The van der Waals surface area contributed by atoms with E-state index in [-0.39, 0.29) is 24.5 Å². The normalized spacial score (nSPS) is 22.4. The summed E-state index contributed by atoms with van der Waals surface area (Å²) in [7, 11) is 1.59. The molecule has 6 nitrogen and oxygen atoms in total. The Morgan fingerprint density at radius 3 is 2.78 bits per heavy atom. The summed E-state index contributed by atoms with van der Waals surface area (Å²) in [5.41, 5.74) is 2.20. The zero-order valence-corrected chi connectivity index (χ0v) is 15.8. The van der Waals surface area contributed by atoms with Crippen LogP contribution in [0.4, 0.5) is 0 Å². The van der Waals surface area contributed by atoms with Crippen LogP contribution in [-0.4, -0.2) is 52.7 Å². The van der Waals surface area contributed by atoms with Gasteiger partial charge >= 0.3 is 5.97 Å². The molecule has 1 saturated carbocycles. The number of ether oxygens (including phenoxy) is 1. The average Bonchev–Trinajstić information content (AvgIpc) is 3.41. The van der Waals surface area contributed by atoms with E-state index in [0.29, 0.717) is 34.9 Å². The lowest BCUT2D eigenvalue weighted by Crippen LogP contribution is -2.37. The van der Waals surface area contributed by atoms with Crippen LogP contribution in [0.15, 0.2) is 24.3 Å². The summed E-state index contributed by atoms with van der Waals surface area (Å²) in [6.07, 6.45) is 2.43. The van der Waals surface area contributed by atoms with Gasteiger partial charge < -0.3 is 14.7 Å². The first-order valence-electron chi connectivity index (χ1n) is 9.12. The highest BCUT2D eigenvalue weighted by atomic mass is 35.5. The SMILES string of the molecule is COC1CC(CC(=O)O)N(C(=O)c2cc(C3CC3)nc3ccc(Cl)cc23)C1. The molecule has 2 atom stereocenters. The van der Waals surface area contributed by atoms with Crippen molar-refractivity contribution >= 4 is 34.4 Å². The first-order valence-corrected chi connectivity index (χ1v) is 9.50. The number of rotatable bonds is 5. The van der Waals surface area contributed by atoms with Gasteiger partial charge in [0.15, 0.2) is 0 Å². The first-order chi connectivity index (χ1) is 13.0. The molecular formula is C20H21ClN2O4. The van der Waals surface area contributed by atoms with E-state index in [2.05, 4.69) is 0 Å². The highest BCUT2D eigenvalue weighted by Gasteiger charge is 2.38. The third-order valence-corrected chi connectivity index (χ3v) is 5.63. The first kappa shape index (κ1) is 18.2. The van der Waals surface area contributed by atoms with Crippen molar-refractivity contribution in [1.82, 2.24) is 9.88 Å². The predicted molar refractivity (Wildman–Crippen MR) is 101 cm³/mol. The van der Waals surface area contributed by atoms with Gasteiger partial charge in [0.2, 0.25) is 0 Å². The number of carbonyl (C=O) groups is 2. The fraction of sp³-hybridized carbons (Fsp3) is 0.450. The Hall–Kier alpha value is -2.18. The van der Waals surface area contributed by atoms with Crippen molar-refractivity contribution in [2.45, 2.75) is 43.7 Å². The molecule has 2 unspecified atom stereocenters. The van der Waals surface area contributed by atoms with Crippen molar-refractivity contribution < 1.29 is 19.4 Å². The van der Waals surface area contributed by atoms with Crippen LogP contribution in [0.2, 0.25) is 5.02 Å². The van der Waals surface area contributed by atoms with E-state index >= 15 is 0 Å². The molecule has 2 heterocycles. The fourth-order valence-corrected chi connectivity index (χ4v) is 4.00. The van der Waals surface area contributed by atoms with Crippen LogP contribution in [-0.2, 0) is 9.53 Å². The maximum atomic E-state index is 13.4. The van der Waals surface area contributed by atoms with E-state index in [1.165, 1.54) is 0 Å². The van der Waals surface area contributed by atoms with E-state index in [9.17, 15) is 14.7 Å². The number of fused-ring (bicyclic) bond motifs is 1. The van der Waals surface area contributed by atoms with E-state index in [1.807, 2.05) is 12.1 Å². The van der Waals surface area contributed by atoms with Crippen LogP contribution in [0.5, 0.6) is 0 Å². The Morgan fingerprint density at radius 1 is 1.33 bits per heavy atom. The summed E-state index contributed by atoms with van der Waals surface area (Å²) in [5, 5.41) is 10.5. The molecule has 2 aliphatic rings. The number of pyridine rings is 1. The lowest BCUT2D eigenvalue weighted by Gasteiger charge is -2.24. The van der Waals surface area contributed by atoms with E-state index in [1.54, 1.807) is 24.1 Å². The monoisotopic (exact) mass is 388 g/mol. The van der Waals surface area contributed by atoms with Gasteiger partial charge in [-0.3, -0.25) is 14.6 Å². The summed E-state index contributed by atoms with van der Waals surface area (Å²) in [6.45, 7) is 0.385. The van der Waals surface area contributed by atoms with Crippen LogP contribution in [0, 0.1) is 0 Å². The maximum Gasteiger partial charge on any atom is 0.305 e. The Bertz CT molecular complexity index is 912. The molecule has 0 radical (unpaired) electrons. The van der Waals surface area contributed by atoms with Crippen LogP contribution < -0.4 is 0 Å². The fourth-order valence-electron chi connectivity index (χ4n) is 3.83. The number of halogens is 1. The number of methoxy groups -OCH3 is 1. The van der Waals surface area contributed by atoms with Crippen molar-refractivity contribution in [3.05, 3.63) is 40.5 Å². The van der Waals surface area contributed by atoms with Crippen LogP contribution >= 0.6 is 11.6 Å². The van der Waals surface area contributed by atoms with Gasteiger partial charge in [-0.25, -0.2) is 0 Å². The van der Waals surface area contributed by atoms with Crippen LogP contribution in [0.25, 0.3) is 10.9 Å². The summed E-state index contributed by atoms with van der Waals surface area (Å²) in [5.74, 6) is -0.704. The average molecular weight is 389 g/mol. The molecule has 1 amide bonds. The van der Waals surface area contributed by atoms with Gasteiger partial charge in [0, 0.05) is 41.7 Å². The van der Waals surface area contributed by atoms with Crippen molar-refractivity contribution in [3.63, 3.8) is 0 Å². The van der Waals surface area contributed by atoms with Gasteiger partial charge in [-0.1, -0.05) is 11.6 Å². The molecule has 0 bridgehead atoms. The van der Waals surface area contributed by atoms with Gasteiger partial charge in [-0.15, -0.1) is 0 Å². The lowest BCUT2D eigenvalue weighted by molar-refractivity contribution is -0.137. The number of hydrogen-bond acceptors (Lipinski definition) is 4. The third-order valence-electron chi connectivity index (χ3n) is 5.40. The van der Waals surface area contributed by atoms with Crippen LogP contribution in [0.1, 0.15) is 47.7 Å². The number of carboxylic acid groups (broad SMARTS) is 1. The molecule has 142 valence electrons. The quantitative estimate of drug-likeness (QED) is 0.848. The molecule has 2 aromatic rings. The largest absolute Gasteiger partial charge is 0.481 e. The molecule has 1 N–H and O–H groups in total. The molecule has 1 aliphatic carbocycles. The Morgan fingerprint density at radius 2 is 2.11 bits per heavy atom. The molecule has 27 heavy (non-hydrogen) atoms. The molecule has 7 heteroatoms. The van der Waals surface area contributed by atoms with Crippen molar-refractivity contribution in [1.29, 1.82) is 0 Å². The van der Waals surface area contributed by atoms with Crippen LogP contribution in [0.3, 0.4) is 0 Å². The Balaban J connectivity index is 1.76. The summed E-state index contributed by atoms with van der Waals surface area (Å²) in [6, 6.07) is 6.83. The molecule has 4 rings (SSSR count). The lowest BCUT2D eigenvalue weighted by atomic mass is 10.0. The minimum Gasteiger partial charge on any atom is -0.481 e. The topological polar surface area (TPSA) is 79.7 Å². The smallest absolute Gasteiger partial charge is 0.305 e. The number of carboxylic acids is 1. The summed E-state index contributed by atoms with van der Waals surface area (Å²) in [4.78, 5) is 31.0. The number of benzene rings is 1. The number of hydrogen-bond donors (Lipinski definition) is 1. The zero-order chi connectivity index (χ0) is 19.1. The second-order valence-corrected chi connectivity index (χ2v) is 7.77. The number of aromatic nitrogens is 1. The van der Waals surface area contributed by atoms with Crippen molar-refractivity contribution in [2.24, 2.45) is 0 Å². The van der Waals surface area contributed by atoms with Gasteiger partial charge in [-0.05, 0) is 43.5 Å². The standard InChI is InChI=1S/C20H21ClN2O4/c1-27-14-7-13(8-19(24)25)23(10-14)20(26)16-9-18(11-2-3-11)22-17-5-4-12(21)6-15(16)17/h4-6,9,11,13-14H,2-3,7-8,10H2,1H3,(H,24,25). The minimum atomic E-state index is -0.921. The van der Waals surface area contributed by atoms with Crippen molar-refractivity contribution in [2.75, 3.05) is 13.7 Å². The van der Waals surface area contributed by atoms with Gasteiger partial charge in [-0.2, -0.15) is 0 Å². The van der Waals surface area contributed by atoms with Gasteiger partial charge in [0.1, 0.15) is 0 Å². The number of carbonyl (C=O) groups excluding carboxylic acids is 1. The highest BCUT2D eigenvalue weighted by molar-refractivity contribution is 6.31. The summed E-state index contributed by atoms with van der Waals surface area (Å²) < 4.78 is 5.40. The summed E-state index contributed by atoms with van der Waals surface area (Å²) >= 11 is 6.16. The number of likely N-dealkylation sites (tertiary alicyclic amines) is 1. The van der Waals surface area contributed by atoms with Gasteiger partial charge in [0.25, 0.3) is 5.91 Å². The molecule has 1 aromatic carbocycles. The molecule has 2 fully saturated rings. The molecule has 0 spiro atoms. The second kappa shape index (κ2) is 7.09. The molecule has 1 saturated heterocycles. The van der Waals surface area contributed by atoms with E-state index in [0.717, 1.165) is 24.1 Å². The zero-order valence-electron chi connectivity index (χ0n) is 15.0. The highest BCUT2D eigenvalue weighted by Crippen LogP contribution is 2.41.